The molecular formula is C29H39N5O8. The molecule has 1 aromatic heterocycles. The lowest BCUT2D eigenvalue weighted by atomic mass is 9.91. The SMILES string of the molecule is CC(C)OC(=O)N1CCN(C(=O)C(CCC(=O)O)NC(=O)c2cc(OCC(=O)C(C)(C)C)n(-c3ccccc3)n2)CC1. The summed E-state index contributed by atoms with van der Waals surface area (Å²) >= 11 is 0. The number of ether oxygens (including phenoxy) is 2. The molecule has 42 heavy (non-hydrogen) atoms. The van der Waals surface area contributed by atoms with E-state index in [1.807, 2.05) is 6.07 Å². The lowest BCUT2D eigenvalue weighted by molar-refractivity contribution is -0.138. The van der Waals surface area contributed by atoms with Gasteiger partial charge < -0.3 is 29.7 Å². The number of para-hydroxylation sites is 1. The number of carbonyl (C=O) groups is 5. The fourth-order valence-corrected chi connectivity index (χ4v) is 4.05. The van der Waals surface area contributed by atoms with E-state index in [0.717, 1.165) is 0 Å². The first-order valence-electron chi connectivity index (χ1n) is 13.8. The summed E-state index contributed by atoms with van der Waals surface area (Å²) in [5.74, 6) is -2.28. The molecule has 3 amide bonds. The number of carbonyl (C=O) groups excluding carboxylic acids is 4. The van der Waals surface area contributed by atoms with Gasteiger partial charge in [0.25, 0.3) is 5.91 Å². The standard InChI is InChI=1S/C29H39N5O8/c1-19(2)42-28(40)33-15-13-32(14-16-33)27(39)21(11-12-25(36)37)30-26(38)22-17-24(41-18-23(35)29(3,4)5)34(31-22)20-9-7-6-8-10-20/h6-10,17,19,21H,11-16,18H2,1-5H3,(H,30,38)(H,36,37). The summed E-state index contributed by atoms with van der Waals surface area (Å²) in [6, 6.07) is 9.11. The number of aliphatic carboxylic acids is 1. The molecule has 1 fully saturated rings. The summed E-state index contributed by atoms with van der Waals surface area (Å²) in [5, 5.41) is 16.2. The molecule has 1 unspecified atom stereocenters. The fourth-order valence-electron chi connectivity index (χ4n) is 4.05. The molecule has 0 saturated carbocycles. The van der Waals surface area contributed by atoms with Crippen molar-refractivity contribution in [3.8, 4) is 11.6 Å². The summed E-state index contributed by atoms with van der Waals surface area (Å²) in [4.78, 5) is 65.7. The van der Waals surface area contributed by atoms with Gasteiger partial charge in [0.2, 0.25) is 11.8 Å². The molecule has 1 atom stereocenters. The molecule has 0 aliphatic carbocycles. The number of piperazine rings is 1. The minimum atomic E-state index is -1.14. The van der Waals surface area contributed by atoms with E-state index < -0.39 is 35.3 Å². The second-order valence-corrected chi connectivity index (χ2v) is 11.3. The first-order chi connectivity index (χ1) is 19.8. The van der Waals surface area contributed by atoms with Gasteiger partial charge in [0, 0.05) is 44.1 Å². The van der Waals surface area contributed by atoms with Crippen LogP contribution in [0.2, 0.25) is 0 Å². The van der Waals surface area contributed by atoms with Gasteiger partial charge in [0.1, 0.15) is 12.6 Å². The number of hydrogen-bond acceptors (Lipinski definition) is 8. The summed E-state index contributed by atoms with van der Waals surface area (Å²) in [5.41, 5.74) is -0.121. The van der Waals surface area contributed by atoms with Gasteiger partial charge in [-0.25, -0.2) is 9.48 Å². The van der Waals surface area contributed by atoms with E-state index in [4.69, 9.17) is 9.47 Å². The van der Waals surface area contributed by atoms with Gasteiger partial charge in [-0.05, 0) is 32.4 Å². The maximum Gasteiger partial charge on any atom is 0.410 e. The highest BCUT2D eigenvalue weighted by atomic mass is 16.6. The van der Waals surface area contributed by atoms with Crippen LogP contribution in [0.1, 0.15) is 57.9 Å². The minimum absolute atomic E-state index is 0.0774. The Morgan fingerprint density at radius 2 is 1.62 bits per heavy atom. The summed E-state index contributed by atoms with van der Waals surface area (Å²) in [6.45, 7) is 9.47. The molecule has 2 heterocycles. The van der Waals surface area contributed by atoms with Gasteiger partial charge in [0.15, 0.2) is 11.5 Å². The summed E-state index contributed by atoms with van der Waals surface area (Å²) < 4.78 is 12.4. The Bertz CT molecular complexity index is 1280. The molecular weight excluding hydrogens is 546 g/mol. The van der Waals surface area contributed by atoms with Crippen molar-refractivity contribution >= 4 is 29.7 Å². The first-order valence-corrected chi connectivity index (χ1v) is 13.8. The number of hydrogen-bond donors (Lipinski definition) is 2. The van der Waals surface area contributed by atoms with Crippen LogP contribution in [-0.2, 0) is 19.1 Å². The third-order valence-corrected chi connectivity index (χ3v) is 6.53. The number of Topliss-reactive ketones (excluding diaryl/α,β-unsaturated/α-hetero) is 1. The molecule has 3 rings (SSSR count). The maximum atomic E-state index is 13.4. The molecule has 2 N–H and O–H groups in total. The van der Waals surface area contributed by atoms with Gasteiger partial charge in [-0.3, -0.25) is 19.2 Å². The smallest absolute Gasteiger partial charge is 0.410 e. The Morgan fingerprint density at radius 3 is 2.19 bits per heavy atom. The molecule has 0 radical (unpaired) electrons. The van der Waals surface area contributed by atoms with Crippen LogP contribution in [0.5, 0.6) is 5.88 Å². The molecule has 2 aromatic rings. The molecule has 1 aliphatic rings. The van der Waals surface area contributed by atoms with Crippen LogP contribution in [0, 0.1) is 5.41 Å². The van der Waals surface area contributed by atoms with Crippen molar-refractivity contribution in [3.05, 3.63) is 42.1 Å². The van der Waals surface area contributed by atoms with E-state index in [9.17, 15) is 29.1 Å². The van der Waals surface area contributed by atoms with Crippen LogP contribution >= 0.6 is 0 Å². The molecule has 13 nitrogen and oxygen atoms in total. The quantitative estimate of drug-likeness (QED) is 0.404. The van der Waals surface area contributed by atoms with Crippen LogP contribution in [0.15, 0.2) is 36.4 Å². The zero-order chi connectivity index (χ0) is 31.0. The van der Waals surface area contributed by atoms with Crippen molar-refractivity contribution in [2.45, 2.75) is 59.6 Å². The number of rotatable bonds is 11. The zero-order valence-electron chi connectivity index (χ0n) is 24.7. The highest BCUT2D eigenvalue weighted by Gasteiger charge is 2.32. The number of amides is 3. The number of aromatic nitrogens is 2. The molecule has 1 saturated heterocycles. The molecule has 13 heteroatoms. The van der Waals surface area contributed by atoms with Gasteiger partial charge >= 0.3 is 12.1 Å². The molecule has 228 valence electrons. The van der Waals surface area contributed by atoms with Crippen molar-refractivity contribution in [3.63, 3.8) is 0 Å². The van der Waals surface area contributed by atoms with Crippen molar-refractivity contribution in [1.82, 2.24) is 24.9 Å². The lowest BCUT2D eigenvalue weighted by Gasteiger charge is -2.36. The van der Waals surface area contributed by atoms with E-state index in [-0.39, 0.29) is 69.1 Å². The van der Waals surface area contributed by atoms with E-state index in [0.29, 0.717) is 5.69 Å². The second-order valence-electron chi connectivity index (χ2n) is 11.3. The molecule has 1 aromatic carbocycles. The van der Waals surface area contributed by atoms with Crippen molar-refractivity contribution in [2.75, 3.05) is 32.8 Å². The van der Waals surface area contributed by atoms with Crippen molar-refractivity contribution < 1.29 is 38.6 Å². The number of benzene rings is 1. The van der Waals surface area contributed by atoms with E-state index >= 15 is 0 Å². The number of carboxylic acid groups (broad SMARTS) is 1. The minimum Gasteiger partial charge on any atom is -0.481 e. The largest absolute Gasteiger partial charge is 0.481 e. The highest BCUT2D eigenvalue weighted by molar-refractivity contribution is 5.96. The Labute approximate surface area is 244 Å². The lowest BCUT2D eigenvalue weighted by Crippen LogP contribution is -2.56. The Kier molecular flexibility index (Phi) is 10.7. The molecule has 1 aliphatic heterocycles. The van der Waals surface area contributed by atoms with Gasteiger partial charge in [-0.2, -0.15) is 5.10 Å². The van der Waals surface area contributed by atoms with Crippen molar-refractivity contribution in [2.24, 2.45) is 5.41 Å². The number of carboxylic acids is 1. The van der Waals surface area contributed by atoms with Gasteiger partial charge in [0.05, 0.1) is 11.8 Å². The Balaban J connectivity index is 1.77. The summed E-state index contributed by atoms with van der Waals surface area (Å²) in [7, 11) is 0. The van der Waals surface area contributed by atoms with Crippen LogP contribution in [0.3, 0.4) is 0 Å². The average Bonchev–Trinajstić information content (AvgIpc) is 3.37. The fraction of sp³-hybridized carbons (Fsp3) is 0.517. The molecule has 0 bridgehead atoms. The molecule has 0 spiro atoms. The van der Waals surface area contributed by atoms with Crippen LogP contribution in [0.4, 0.5) is 4.79 Å². The predicted molar refractivity (Wildman–Crippen MR) is 151 cm³/mol. The number of ketones is 1. The maximum absolute atomic E-state index is 13.4. The van der Waals surface area contributed by atoms with Crippen LogP contribution in [-0.4, -0.2) is 99.3 Å². The normalized spacial score (nSPS) is 14.3. The predicted octanol–water partition coefficient (Wildman–Crippen LogP) is 2.52. The highest BCUT2D eigenvalue weighted by Crippen LogP contribution is 2.22. The summed E-state index contributed by atoms with van der Waals surface area (Å²) in [6.07, 6.45) is -1.23. The topological polar surface area (TPSA) is 160 Å². The van der Waals surface area contributed by atoms with E-state index in [2.05, 4.69) is 10.4 Å². The third-order valence-electron chi connectivity index (χ3n) is 6.53. The van der Waals surface area contributed by atoms with Gasteiger partial charge in [-0.1, -0.05) is 39.0 Å². The second kappa shape index (κ2) is 14.0. The van der Waals surface area contributed by atoms with E-state index in [1.54, 1.807) is 58.9 Å². The zero-order valence-corrected chi connectivity index (χ0v) is 24.7. The monoisotopic (exact) mass is 585 g/mol. The van der Waals surface area contributed by atoms with Crippen LogP contribution in [0.25, 0.3) is 5.69 Å². The average molecular weight is 586 g/mol. The third kappa shape index (κ3) is 8.79. The van der Waals surface area contributed by atoms with Gasteiger partial charge in [-0.15, -0.1) is 0 Å². The number of nitrogens with zero attached hydrogens (tertiary/aromatic N) is 4. The Hall–Kier alpha value is -4.42. The number of nitrogens with one attached hydrogen (secondary N) is 1. The van der Waals surface area contributed by atoms with Crippen LogP contribution < -0.4 is 10.1 Å². The van der Waals surface area contributed by atoms with Crippen molar-refractivity contribution in [1.29, 1.82) is 0 Å². The Morgan fingerprint density at radius 1 is 1.00 bits per heavy atom. The first kappa shape index (κ1) is 32.1. The van der Waals surface area contributed by atoms with E-state index in [1.165, 1.54) is 20.5 Å².